The molecule has 3 nitrogen and oxygen atoms in total. The second kappa shape index (κ2) is 5.92. The van der Waals surface area contributed by atoms with Gasteiger partial charge in [-0.25, -0.2) is 0 Å². The summed E-state index contributed by atoms with van der Waals surface area (Å²) in [6.07, 6.45) is 1.27. The van der Waals surface area contributed by atoms with Gasteiger partial charge in [-0.15, -0.1) is 0 Å². The van der Waals surface area contributed by atoms with E-state index in [1.54, 1.807) is 6.07 Å². The lowest BCUT2D eigenvalue weighted by Crippen LogP contribution is -2.30. The third-order valence-corrected chi connectivity index (χ3v) is 3.81. The zero-order valence-corrected chi connectivity index (χ0v) is 11.6. The standard InChI is InChI=1S/C18H16O3/c19-17-15-9-5-4-8-14(15)10-11-16(17)18(20)21-12-13-6-2-1-3-7-13/h1-9,16H,10-12H2. The summed E-state index contributed by atoms with van der Waals surface area (Å²) in [5, 5.41) is 0. The summed E-state index contributed by atoms with van der Waals surface area (Å²) in [6, 6.07) is 17.0. The third kappa shape index (κ3) is 2.87. The number of ether oxygens (including phenoxy) is 1. The molecule has 1 aliphatic carbocycles. The van der Waals surface area contributed by atoms with Gasteiger partial charge < -0.3 is 4.74 Å². The number of fused-ring (bicyclic) bond motifs is 1. The predicted octanol–water partition coefficient (Wildman–Crippen LogP) is 3.18. The van der Waals surface area contributed by atoms with Crippen molar-refractivity contribution in [3.8, 4) is 0 Å². The molecule has 1 atom stereocenters. The van der Waals surface area contributed by atoms with Crippen LogP contribution in [0.15, 0.2) is 54.6 Å². The highest BCUT2D eigenvalue weighted by molar-refractivity contribution is 6.10. The normalized spacial score (nSPS) is 17.1. The fourth-order valence-corrected chi connectivity index (χ4v) is 2.65. The van der Waals surface area contributed by atoms with Crippen molar-refractivity contribution in [3.63, 3.8) is 0 Å². The van der Waals surface area contributed by atoms with Gasteiger partial charge in [0, 0.05) is 5.56 Å². The van der Waals surface area contributed by atoms with Crippen molar-refractivity contribution in [1.82, 2.24) is 0 Å². The SMILES string of the molecule is O=C(OCc1ccccc1)C1CCc2ccccc2C1=O. The molecule has 2 aromatic rings. The van der Waals surface area contributed by atoms with E-state index in [9.17, 15) is 9.59 Å². The van der Waals surface area contributed by atoms with E-state index in [0.29, 0.717) is 12.0 Å². The first-order valence-electron chi connectivity index (χ1n) is 7.08. The Labute approximate surface area is 123 Å². The maximum absolute atomic E-state index is 12.4. The van der Waals surface area contributed by atoms with Gasteiger partial charge in [0.15, 0.2) is 5.78 Å². The third-order valence-electron chi connectivity index (χ3n) is 3.81. The Morgan fingerprint density at radius 2 is 1.76 bits per heavy atom. The lowest BCUT2D eigenvalue weighted by molar-refractivity contribution is -0.148. The molecule has 0 radical (unpaired) electrons. The summed E-state index contributed by atoms with van der Waals surface area (Å²) in [5.41, 5.74) is 2.61. The Morgan fingerprint density at radius 3 is 2.57 bits per heavy atom. The van der Waals surface area contributed by atoms with Crippen LogP contribution >= 0.6 is 0 Å². The molecule has 0 amide bonds. The van der Waals surface area contributed by atoms with Crippen molar-refractivity contribution in [3.05, 3.63) is 71.3 Å². The van der Waals surface area contributed by atoms with E-state index in [0.717, 1.165) is 17.5 Å². The zero-order valence-electron chi connectivity index (χ0n) is 11.6. The molecular formula is C18H16O3. The van der Waals surface area contributed by atoms with Crippen LogP contribution in [0.4, 0.5) is 0 Å². The van der Waals surface area contributed by atoms with Gasteiger partial charge in [-0.05, 0) is 24.0 Å². The summed E-state index contributed by atoms with van der Waals surface area (Å²) in [6.45, 7) is 0.213. The van der Waals surface area contributed by atoms with Crippen LogP contribution in [0.5, 0.6) is 0 Å². The summed E-state index contributed by atoms with van der Waals surface area (Å²) in [7, 11) is 0. The zero-order chi connectivity index (χ0) is 14.7. The Morgan fingerprint density at radius 1 is 1.05 bits per heavy atom. The van der Waals surface area contributed by atoms with Gasteiger partial charge in [-0.3, -0.25) is 9.59 Å². The van der Waals surface area contributed by atoms with Gasteiger partial charge in [0.25, 0.3) is 0 Å². The van der Waals surface area contributed by atoms with Gasteiger partial charge in [0.05, 0.1) is 0 Å². The molecule has 0 saturated heterocycles. The van der Waals surface area contributed by atoms with Crippen LogP contribution < -0.4 is 0 Å². The number of Topliss-reactive ketones (excluding diaryl/α,β-unsaturated/α-hetero) is 1. The lowest BCUT2D eigenvalue weighted by atomic mass is 9.83. The Bertz CT molecular complexity index is 661. The monoisotopic (exact) mass is 280 g/mol. The van der Waals surface area contributed by atoms with Crippen molar-refractivity contribution in [2.24, 2.45) is 5.92 Å². The van der Waals surface area contributed by atoms with Gasteiger partial charge in [-0.1, -0.05) is 54.6 Å². The van der Waals surface area contributed by atoms with E-state index in [1.165, 1.54) is 0 Å². The molecule has 0 aromatic heterocycles. The average Bonchev–Trinajstić information content (AvgIpc) is 2.54. The molecule has 0 spiro atoms. The highest BCUT2D eigenvalue weighted by atomic mass is 16.5. The van der Waals surface area contributed by atoms with Gasteiger partial charge in [0.2, 0.25) is 0 Å². The molecule has 21 heavy (non-hydrogen) atoms. The number of carbonyl (C=O) groups is 2. The first-order valence-corrected chi connectivity index (χ1v) is 7.08. The number of ketones is 1. The average molecular weight is 280 g/mol. The number of hydrogen-bond donors (Lipinski definition) is 0. The summed E-state index contributed by atoms with van der Waals surface area (Å²) in [5.74, 6) is -1.20. The van der Waals surface area contributed by atoms with Gasteiger partial charge >= 0.3 is 5.97 Å². The van der Waals surface area contributed by atoms with E-state index in [2.05, 4.69) is 0 Å². The summed E-state index contributed by atoms with van der Waals surface area (Å²) >= 11 is 0. The molecular weight excluding hydrogens is 264 g/mol. The number of aryl methyl sites for hydroxylation is 1. The smallest absolute Gasteiger partial charge is 0.317 e. The number of benzene rings is 2. The van der Waals surface area contributed by atoms with E-state index in [1.807, 2.05) is 48.5 Å². The van der Waals surface area contributed by atoms with E-state index in [-0.39, 0.29) is 12.4 Å². The molecule has 3 rings (SSSR count). The first-order chi connectivity index (χ1) is 10.3. The molecule has 3 heteroatoms. The minimum Gasteiger partial charge on any atom is -0.460 e. The van der Waals surface area contributed by atoms with Crippen LogP contribution in [0.2, 0.25) is 0 Å². The van der Waals surface area contributed by atoms with Crippen molar-refractivity contribution in [2.45, 2.75) is 19.4 Å². The second-order valence-corrected chi connectivity index (χ2v) is 5.21. The number of esters is 1. The van der Waals surface area contributed by atoms with Crippen LogP contribution in [-0.4, -0.2) is 11.8 Å². The first kappa shape index (κ1) is 13.6. The van der Waals surface area contributed by atoms with Gasteiger partial charge in [-0.2, -0.15) is 0 Å². The highest BCUT2D eigenvalue weighted by Crippen LogP contribution is 2.26. The Balaban J connectivity index is 1.68. The molecule has 0 heterocycles. The summed E-state index contributed by atoms with van der Waals surface area (Å²) in [4.78, 5) is 24.5. The van der Waals surface area contributed by atoms with Crippen LogP contribution in [0.1, 0.15) is 27.9 Å². The highest BCUT2D eigenvalue weighted by Gasteiger charge is 2.33. The number of carbonyl (C=O) groups excluding carboxylic acids is 2. The molecule has 2 aromatic carbocycles. The minimum atomic E-state index is -0.663. The lowest BCUT2D eigenvalue weighted by Gasteiger charge is -2.21. The van der Waals surface area contributed by atoms with E-state index < -0.39 is 11.9 Å². The molecule has 1 aliphatic rings. The molecule has 0 N–H and O–H groups in total. The molecule has 1 unspecified atom stereocenters. The molecule has 106 valence electrons. The second-order valence-electron chi connectivity index (χ2n) is 5.21. The predicted molar refractivity (Wildman–Crippen MR) is 78.8 cm³/mol. The molecule has 0 fully saturated rings. The van der Waals surface area contributed by atoms with Crippen LogP contribution in [0, 0.1) is 5.92 Å². The fraction of sp³-hybridized carbons (Fsp3) is 0.222. The maximum atomic E-state index is 12.4. The fourth-order valence-electron chi connectivity index (χ4n) is 2.65. The largest absolute Gasteiger partial charge is 0.460 e. The van der Waals surface area contributed by atoms with Crippen LogP contribution in [0.3, 0.4) is 0 Å². The minimum absolute atomic E-state index is 0.116. The topological polar surface area (TPSA) is 43.4 Å². The number of rotatable bonds is 3. The molecule has 0 aliphatic heterocycles. The van der Waals surface area contributed by atoms with Crippen molar-refractivity contribution in [1.29, 1.82) is 0 Å². The summed E-state index contributed by atoms with van der Waals surface area (Å²) < 4.78 is 5.29. The quantitative estimate of drug-likeness (QED) is 0.640. The van der Waals surface area contributed by atoms with Crippen LogP contribution in [-0.2, 0) is 22.6 Å². The maximum Gasteiger partial charge on any atom is 0.317 e. The number of hydrogen-bond acceptors (Lipinski definition) is 3. The molecule has 0 bridgehead atoms. The Hall–Kier alpha value is -2.42. The molecule has 0 saturated carbocycles. The van der Waals surface area contributed by atoms with E-state index >= 15 is 0 Å². The van der Waals surface area contributed by atoms with E-state index in [4.69, 9.17) is 4.74 Å². The van der Waals surface area contributed by atoms with Gasteiger partial charge in [0.1, 0.15) is 12.5 Å². The van der Waals surface area contributed by atoms with Crippen LogP contribution in [0.25, 0.3) is 0 Å². The Kier molecular flexibility index (Phi) is 3.82. The van der Waals surface area contributed by atoms with Crippen molar-refractivity contribution >= 4 is 11.8 Å². The van der Waals surface area contributed by atoms with Crippen molar-refractivity contribution < 1.29 is 14.3 Å². The van der Waals surface area contributed by atoms with Crippen molar-refractivity contribution in [2.75, 3.05) is 0 Å².